The third-order valence-corrected chi connectivity index (χ3v) is 6.83. The summed E-state index contributed by atoms with van der Waals surface area (Å²) in [5, 5.41) is 3.30. The molecule has 1 saturated heterocycles. The van der Waals surface area contributed by atoms with E-state index in [2.05, 4.69) is 19.2 Å². The van der Waals surface area contributed by atoms with Gasteiger partial charge in [-0.2, -0.15) is 4.31 Å². The molecular weight excluding hydrogens is 260 g/mol. The molecule has 2 rings (SSSR count). The number of hydrogen-bond acceptors (Lipinski definition) is 3. The molecule has 5 heteroatoms. The second kappa shape index (κ2) is 6.55. The summed E-state index contributed by atoms with van der Waals surface area (Å²) in [4.78, 5) is 0. The van der Waals surface area contributed by atoms with Gasteiger partial charge < -0.3 is 5.32 Å². The number of nitrogens with one attached hydrogen (secondary N) is 1. The molecule has 1 unspecified atom stereocenters. The van der Waals surface area contributed by atoms with Crippen LogP contribution < -0.4 is 5.32 Å². The van der Waals surface area contributed by atoms with E-state index in [1.807, 2.05) is 4.31 Å². The zero-order valence-corrected chi connectivity index (χ0v) is 13.1. The van der Waals surface area contributed by atoms with Crippen molar-refractivity contribution in [2.24, 2.45) is 0 Å². The molecule has 1 aliphatic heterocycles. The Balaban J connectivity index is 2.05. The van der Waals surface area contributed by atoms with Crippen molar-refractivity contribution in [3.8, 4) is 0 Å². The summed E-state index contributed by atoms with van der Waals surface area (Å²) in [6, 6.07) is 0.583. The van der Waals surface area contributed by atoms with Crippen LogP contribution >= 0.6 is 0 Å². The van der Waals surface area contributed by atoms with Gasteiger partial charge in [0.25, 0.3) is 0 Å². The Hall–Kier alpha value is -0.130. The van der Waals surface area contributed by atoms with Crippen molar-refractivity contribution in [2.45, 2.75) is 76.1 Å². The molecule has 1 aliphatic carbocycles. The lowest BCUT2D eigenvalue weighted by molar-refractivity contribution is 0.239. The highest BCUT2D eigenvalue weighted by Crippen LogP contribution is 2.30. The molecule has 1 heterocycles. The van der Waals surface area contributed by atoms with Gasteiger partial charge in [0.2, 0.25) is 10.0 Å². The van der Waals surface area contributed by atoms with Crippen molar-refractivity contribution in [3.05, 3.63) is 0 Å². The molecule has 19 heavy (non-hydrogen) atoms. The van der Waals surface area contributed by atoms with Crippen LogP contribution in [0.3, 0.4) is 0 Å². The van der Waals surface area contributed by atoms with Crippen molar-refractivity contribution in [2.75, 3.05) is 13.1 Å². The molecule has 0 aromatic carbocycles. The predicted molar refractivity (Wildman–Crippen MR) is 78.7 cm³/mol. The van der Waals surface area contributed by atoms with Gasteiger partial charge in [0.15, 0.2) is 0 Å². The van der Waals surface area contributed by atoms with Crippen LogP contribution in [0.4, 0.5) is 0 Å². The van der Waals surface area contributed by atoms with Gasteiger partial charge >= 0.3 is 0 Å². The van der Waals surface area contributed by atoms with Crippen molar-refractivity contribution in [3.63, 3.8) is 0 Å². The van der Waals surface area contributed by atoms with Crippen LogP contribution in [0.5, 0.6) is 0 Å². The summed E-state index contributed by atoms with van der Waals surface area (Å²) in [5.41, 5.74) is 0. The Bertz CT molecular complexity index is 375. The molecule has 0 aromatic heterocycles. The lowest BCUT2D eigenvalue weighted by Gasteiger charge is -2.37. The number of nitrogens with zero attached hydrogens (tertiary/aromatic N) is 1. The molecule has 1 atom stereocenters. The van der Waals surface area contributed by atoms with Crippen LogP contribution in [-0.2, 0) is 10.0 Å². The molecular formula is C14H28N2O2S. The van der Waals surface area contributed by atoms with E-state index in [9.17, 15) is 8.42 Å². The fourth-order valence-electron chi connectivity index (χ4n) is 3.26. The zero-order chi connectivity index (χ0) is 13.9. The number of hydrogen-bond donors (Lipinski definition) is 1. The van der Waals surface area contributed by atoms with Gasteiger partial charge in [-0.3, -0.25) is 0 Å². The molecule has 1 saturated carbocycles. The Morgan fingerprint density at radius 2 is 1.74 bits per heavy atom. The van der Waals surface area contributed by atoms with Gasteiger partial charge in [0.1, 0.15) is 0 Å². The van der Waals surface area contributed by atoms with Crippen LogP contribution in [0.1, 0.15) is 58.8 Å². The monoisotopic (exact) mass is 288 g/mol. The van der Waals surface area contributed by atoms with Gasteiger partial charge in [-0.1, -0.05) is 33.1 Å². The molecule has 0 amide bonds. The Morgan fingerprint density at radius 3 is 2.37 bits per heavy atom. The highest BCUT2D eigenvalue weighted by Gasteiger charge is 2.38. The molecule has 2 fully saturated rings. The predicted octanol–water partition coefficient (Wildman–Crippen LogP) is 2.11. The smallest absolute Gasteiger partial charge is 0.217 e. The van der Waals surface area contributed by atoms with Gasteiger partial charge in [0.05, 0.1) is 5.25 Å². The van der Waals surface area contributed by atoms with Crippen LogP contribution in [-0.4, -0.2) is 43.1 Å². The van der Waals surface area contributed by atoms with E-state index in [1.54, 1.807) is 0 Å². The van der Waals surface area contributed by atoms with Crippen molar-refractivity contribution in [1.82, 2.24) is 9.62 Å². The normalized spacial score (nSPS) is 27.2. The standard InChI is InChI=1S/C14H28N2O2S/c1-12(2)15-11-13-7-5-6-10-16(13)19(17,18)14-8-3-4-9-14/h12-15H,3-11H2,1-2H3. The van der Waals surface area contributed by atoms with E-state index in [-0.39, 0.29) is 11.3 Å². The summed E-state index contributed by atoms with van der Waals surface area (Å²) in [7, 11) is -3.07. The first kappa shape index (κ1) is 15.3. The maximum atomic E-state index is 12.7. The first-order valence-corrected chi connectivity index (χ1v) is 9.26. The van der Waals surface area contributed by atoms with E-state index >= 15 is 0 Å². The van der Waals surface area contributed by atoms with Crippen molar-refractivity contribution < 1.29 is 8.42 Å². The number of rotatable bonds is 5. The molecule has 112 valence electrons. The van der Waals surface area contributed by atoms with Crippen LogP contribution in [0.25, 0.3) is 0 Å². The summed E-state index contributed by atoms with van der Waals surface area (Å²) >= 11 is 0. The topological polar surface area (TPSA) is 49.4 Å². The quantitative estimate of drug-likeness (QED) is 0.843. The number of piperidine rings is 1. The second-order valence-electron chi connectivity index (χ2n) is 6.27. The average molecular weight is 288 g/mol. The maximum absolute atomic E-state index is 12.7. The van der Waals surface area contributed by atoms with Gasteiger partial charge in [-0.25, -0.2) is 8.42 Å². The summed E-state index contributed by atoms with van der Waals surface area (Å²) in [6.07, 6.45) is 7.06. The lowest BCUT2D eigenvalue weighted by atomic mass is 10.0. The summed E-state index contributed by atoms with van der Waals surface area (Å²) in [5.74, 6) is 0. The zero-order valence-electron chi connectivity index (χ0n) is 12.3. The SMILES string of the molecule is CC(C)NCC1CCCCN1S(=O)(=O)C1CCCC1. The fourth-order valence-corrected chi connectivity index (χ4v) is 5.55. The molecule has 2 aliphatic rings. The van der Waals surface area contributed by atoms with E-state index in [1.165, 1.54) is 0 Å². The van der Waals surface area contributed by atoms with Crippen LogP contribution in [0.2, 0.25) is 0 Å². The summed E-state index contributed by atoms with van der Waals surface area (Å²) in [6.45, 7) is 5.74. The highest BCUT2D eigenvalue weighted by atomic mass is 32.2. The average Bonchev–Trinajstić information content (AvgIpc) is 2.91. The minimum atomic E-state index is -3.07. The minimum absolute atomic E-state index is 0.104. The van der Waals surface area contributed by atoms with E-state index in [0.29, 0.717) is 6.04 Å². The van der Waals surface area contributed by atoms with Crippen molar-refractivity contribution in [1.29, 1.82) is 0 Å². The molecule has 4 nitrogen and oxygen atoms in total. The summed E-state index contributed by atoms with van der Waals surface area (Å²) < 4.78 is 27.3. The second-order valence-corrected chi connectivity index (χ2v) is 8.44. The molecule has 0 spiro atoms. The highest BCUT2D eigenvalue weighted by molar-refractivity contribution is 7.89. The first-order valence-electron chi connectivity index (χ1n) is 7.76. The molecule has 0 radical (unpaired) electrons. The fraction of sp³-hybridized carbons (Fsp3) is 1.00. The Labute approximate surface area is 118 Å². The minimum Gasteiger partial charge on any atom is -0.313 e. The number of sulfonamides is 1. The Kier molecular flexibility index (Phi) is 5.26. The van der Waals surface area contributed by atoms with E-state index in [0.717, 1.165) is 58.0 Å². The lowest BCUT2D eigenvalue weighted by Crippen LogP contribution is -2.51. The van der Waals surface area contributed by atoms with Crippen LogP contribution in [0.15, 0.2) is 0 Å². The third-order valence-electron chi connectivity index (χ3n) is 4.39. The van der Waals surface area contributed by atoms with E-state index in [4.69, 9.17) is 0 Å². The largest absolute Gasteiger partial charge is 0.313 e. The van der Waals surface area contributed by atoms with Crippen molar-refractivity contribution >= 4 is 10.0 Å². The third kappa shape index (κ3) is 3.70. The maximum Gasteiger partial charge on any atom is 0.217 e. The van der Waals surface area contributed by atoms with Gasteiger partial charge in [-0.05, 0) is 25.7 Å². The Morgan fingerprint density at radius 1 is 1.11 bits per heavy atom. The van der Waals surface area contributed by atoms with Gasteiger partial charge in [-0.15, -0.1) is 0 Å². The van der Waals surface area contributed by atoms with Gasteiger partial charge in [0, 0.05) is 25.2 Å². The van der Waals surface area contributed by atoms with E-state index < -0.39 is 10.0 Å². The molecule has 0 aromatic rings. The molecule has 0 bridgehead atoms. The van der Waals surface area contributed by atoms with Crippen LogP contribution in [0, 0.1) is 0 Å². The molecule has 1 N–H and O–H groups in total. The first-order chi connectivity index (χ1) is 9.01.